The third-order valence-corrected chi connectivity index (χ3v) is 4.74. The highest BCUT2D eigenvalue weighted by atomic mass is 32.2. The predicted octanol–water partition coefficient (Wildman–Crippen LogP) is 2.04. The Kier molecular flexibility index (Phi) is 5.30. The number of rotatable bonds is 6. The van der Waals surface area contributed by atoms with Crippen molar-refractivity contribution < 1.29 is 9.59 Å². The van der Waals surface area contributed by atoms with Crippen LogP contribution in [0.15, 0.2) is 0 Å². The summed E-state index contributed by atoms with van der Waals surface area (Å²) >= 11 is 1.77. The van der Waals surface area contributed by atoms with Crippen LogP contribution in [0.2, 0.25) is 0 Å². The molecule has 4 nitrogen and oxygen atoms in total. The molecule has 110 valence electrons. The Labute approximate surface area is 120 Å². The number of hydrogen-bond acceptors (Lipinski definition) is 3. The first kappa shape index (κ1) is 16.3. The second-order valence-corrected chi connectivity index (χ2v) is 6.61. The molecule has 1 saturated heterocycles. The van der Waals surface area contributed by atoms with Gasteiger partial charge in [-0.05, 0) is 45.1 Å². The van der Waals surface area contributed by atoms with Gasteiger partial charge in [-0.25, -0.2) is 0 Å². The Morgan fingerprint density at radius 1 is 1.21 bits per heavy atom. The monoisotopic (exact) mass is 286 g/mol. The highest BCUT2D eigenvalue weighted by Gasteiger charge is 2.52. The molecule has 1 N–H and O–H groups in total. The van der Waals surface area contributed by atoms with Gasteiger partial charge in [0.1, 0.15) is 11.1 Å². The van der Waals surface area contributed by atoms with Crippen molar-refractivity contribution >= 4 is 23.6 Å². The minimum absolute atomic E-state index is 0.00810. The van der Waals surface area contributed by atoms with E-state index in [-0.39, 0.29) is 11.8 Å². The highest BCUT2D eigenvalue weighted by Crippen LogP contribution is 2.32. The maximum Gasteiger partial charge on any atom is 0.248 e. The number of amides is 2. The minimum Gasteiger partial charge on any atom is -0.340 e. The molecule has 0 spiro atoms. The van der Waals surface area contributed by atoms with E-state index >= 15 is 0 Å². The fraction of sp³-hybridized carbons (Fsp3) is 0.857. The first-order valence-corrected chi connectivity index (χ1v) is 8.38. The SMILES string of the molecule is CCC1(CC)C(=O)NC(C)(C)C(=O)N1CCCSC. The van der Waals surface area contributed by atoms with E-state index in [9.17, 15) is 9.59 Å². The molecule has 0 radical (unpaired) electrons. The first-order valence-electron chi connectivity index (χ1n) is 6.99. The molecule has 5 heteroatoms. The van der Waals surface area contributed by atoms with Gasteiger partial charge in [-0.15, -0.1) is 0 Å². The van der Waals surface area contributed by atoms with Gasteiger partial charge in [0.2, 0.25) is 11.8 Å². The van der Waals surface area contributed by atoms with Gasteiger partial charge in [0.05, 0.1) is 0 Å². The van der Waals surface area contributed by atoms with Gasteiger partial charge in [-0.1, -0.05) is 13.8 Å². The van der Waals surface area contributed by atoms with E-state index in [2.05, 4.69) is 11.6 Å². The van der Waals surface area contributed by atoms with Gasteiger partial charge in [0, 0.05) is 6.54 Å². The van der Waals surface area contributed by atoms with Gasteiger partial charge in [0.15, 0.2) is 0 Å². The Bertz CT molecular complexity index is 351. The molecular weight excluding hydrogens is 260 g/mol. The quantitative estimate of drug-likeness (QED) is 0.760. The van der Waals surface area contributed by atoms with Gasteiger partial charge < -0.3 is 10.2 Å². The fourth-order valence-corrected chi connectivity index (χ4v) is 3.16. The zero-order chi connectivity index (χ0) is 14.7. The van der Waals surface area contributed by atoms with Gasteiger partial charge in [0.25, 0.3) is 0 Å². The summed E-state index contributed by atoms with van der Waals surface area (Å²) < 4.78 is 0. The lowest BCUT2D eigenvalue weighted by molar-refractivity contribution is -0.162. The fourth-order valence-electron chi connectivity index (χ4n) is 2.74. The van der Waals surface area contributed by atoms with Crippen LogP contribution in [-0.2, 0) is 9.59 Å². The van der Waals surface area contributed by atoms with Crippen molar-refractivity contribution in [3.05, 3.63) is 0 Å². The van der Waals surface area contributed by atoms with Crippen molar-refractivity contribution in [1.29, 1.82) is 0 Å². The number of nitrogens with zero attached hydrogens (tertiary/aromatic N) is 1. The average Bonchev–Trinajstić information content (AvgIpc) is 2.36. The molecule has 0 aromatic rings. The maximum absolute atomic E-state index is 12.6. The van der Waals surface area contributed by atoms with Crippen molar-refractivity contribution in [1.82, 2.24) is 10.2 Å². The van der Waals surface area contributed by atoms with Crippen LogP contribution < -0.4 is 5.32 Å². The molecule has 1 aliphatic rings. The molecule has 0 aromatic heterocycles. The summed E-state index contributed by atoms with van der Waals surface area (Å²) in [6, 6.07) is 0. The second-order valence-electron chi connectivity index (χ2n) is 5.62. The molecule has 0 aromatic carbocycles. The van der Waals surface area contributed by atoms with E-state index in [0.717, 1.165) is 12.2 Å². The molecule has 2 amide bonds. The third-order valence-electron chi connectivity index (χ3n) is 4.05. The average molecular weight is 286 g/mol. The van der Waals surface area contributed by atoms with E-state index in [1.807, 2.05) is 18.7 Å². The Hall–Kier alpha value is -0.710. The molecule has 19 heavy (non-hydrogen) atoms. The van der Waals surface area contributed by atoms with Crippen molar-refractivity contribution in [3.63, 3.8) is 0 Å². The molecule has 1 rings (SSSR count). The van der Waals surface area contributed by atoms with E-state index in [4.69, 9.17) is 0 Å². The molecule has 0 unspecified atom stereocenters. The van der Waals surface area contributed by atoms with Crippen LogP contribution in [0.25, 0.3) is 0 Å². The predicted molar refractivity (Wildman–Crippen MR) is 80.2 cm³/mol. The maximum atomic E-state index is 12.6. The summed E-state index contributed by atoms with van der Waals surface area (Å²) in [6.45, 7) is 8.19. The number of thioether (sulfide) groups is 1. The lowest BCUT2D eigenvalue weighted by Crippen LogP contribution is -2.74. The number of piperazine rings is 1. The molecule has 0 atom stereocenters. The zero-order valence-corrected chi connectivity index (χ0v) is 13.5. The summed E-state index contributed by atoms with van der Waals surface area (Å²) in [5, 5.41) is 2.88. The van der Waals surface area contributed by atoms with Crippen LogP contribution in [0.5, 0.6) is 0 Å². The molecular formula is C14H26N2O2S. The molecule has 1 aliphatic heterocycles. The number of hydrogen-bond donors (Lipinski definition) is 1. The Morgan fingerprint density at radius 3 is 2.26 bits per heavy atom. The van der Waals surface area contributed by atoms with Gasteiger partial charge in [-0.2, -0.15) is 11.8 Å². The van der Waals surface area contributed by atoms with Crippen LogP contribution in [-0.4, -0.2) is 46.3 Å². The van der Waals surface area contributed by atoms with E-state index in [1.165, 1.54) is 0 Å². The van der Waals surface area contributed by atoms with Crippen molar-refractivity contribution in [2.75, 3.05) is 18.6 Å². The van der Waals surface area contributed by atoms with Crippen LogP contribution in [0.1, 0.15) is 47.0 Å². The zero-order valence-electron chi connectivity index (χ0n) is 12.7. The topological polar surface area (TPSA) is 49.4 Å². The molecule has 1 heterocycles. The number of carbonyl (C=O) groups excluding carboxylic acids is 2. The highest BCUT2D eigenvalue weighted by molar-refractivity contribution is 7.98. The summed E-state index contributed by atoms with van der Waals surface area (Å²) in [7, 11) is 0. The Morgan fingerprint density at radius 2 is 1.79 bits per heavy atom. The molecule has 0 aliphatic carbocycles. The standard InChI is InChI=1S/C14H26N2O2S/c1-6-14(7-2)11(17)15-13(3,4)12(18)16(14)9-8-10-19-5/h6-10H2,1-5H3,(H,15,17). The largest absolute Gasteiger partial charge is 0.340 e. The normalized spacial score (nSPS) is 21.4. The first-order chi connectivity index (χ1) is 8.85. The van der Waals surface area contributed by atoms with Crippen molar-refractivity contribution in [2.45, 2.75) is 58.0 Å². The summed E-state index contributed by atoms with van der Waals surface area (Å²) in [6.07, 6.45) is 4.31. The van der Waals surface area contributed by atoms with E-state index in [0.29, 0.717) is 19.4 Å². The summed E-state index contributed by atoms with van der Waals surface area (Å²) in [4.78, 5) is 26.9. The number of carbonyl (C=O) groups is 2. The van der Waals surface area contributed by atoms with Gasteiger partial charge >= 0.3 is 0 Å². The number of nitrogens with one attached hydrogen (secondary N) is 1. The van der Waals surface area contributed by atoms with Crippen LogP contribution >= 0.6 is 11.8 Å². The molecule has 0 saturated carbocycles. The lowest BCUT2D eigenvalue weighted by Gasteiger charge is -2.50. The van der Waals surface area contributed by atoms with Crippen LogP contribution in [0, 0.1) is 0 Å². The smallest absolute Gasteiger partial charge is 0.248 e. The van der Waals surface area contributed by atoms with Crippen molar-refractivity contribution in [2.24, 2.45) is 0 Å². The summed E-state index contributed by atoms with van der Waals surface area (Å²) in [5.74, 6) is 1.04. The van der Waals surface area contributed by atoms with E-state index in [1.54, 1.807) is 25.6 Å². The summed E-state index contributed by atoms with van der Waals surface area (Å²) in [5.41, 5.74) is -1.45. The second kappa shape index (κ2) is 6.16. The molecule has 1 fully saturated rings. The molecule has 0 bridgehead atoms. The van der Waals surface area contributed by atoms with Crippen LogP contribution in [0.3, 0.4) is 0 Å². The van der Waals surface area contributed by atoms with Crippen LogP contribution in [0.4, 0.5) is 0 Å². The van der Waals surface area contributed by atoms with Gasteiger partial charge in [-0.3, -0.25) is 9.59 Å². The lowest BCUT2D eigenvalue weighted by atomic mass is 9.82. The third kappa shape index (κ3) is 2.91. The van der Waals surface area contributed by atoms with Crippen molar-refractivity contribution in [3.8, 4) is 0 Å². The van der Waals surface area contributed by atoms with E-state index < -0.39 is 11.1 Å². The minimum atomic E-state index is -0.787. The Balaban J connectivity index is 3.05.